The van der Waals surface area contributed by atoms with Gasteiger partial charge in [0.2, 0.25) is 0 Å². The fraction of sp³-hybridized carbons (Fsp3) is 0.265. The van der Waals surface area contributed by atoms with Crippen molar-refractivity contribution < 1.29 is 14.3 Å². The standard InChI is InChI=1S/C34H36O3S/c1-5-31(34(35)36-6-2)37-32-21-20-30(22-25(32)4)38-33(23-26-10-8-7-9-11-26)29-18-16-28(17-19-29)27-14-12-24(3)13-15-27/h7-22,31,33H,5-6,23H2,1-4H3. The molecule has 0 aromatic heterocycles. The van der Waals surface area contributed by atoms with Gasteiger partial charge >= 0.3 is 5.97 Å². The summed E-state index contributed by atoms with van der Waals surface area (Å²) in [6.45, 7) is 8.23. The van der Waals surface area contributed by atoms with Crippen LogP contribution < -0.4 is 4.74 Å². The van der Waals surface area contributed by atoms with Gasteiger partial charge in [-0.25, -0.2) is 4.79 Å². The fourth-order valence-electron chi connectivity index (χ4n) is 4.37. The summed E-state index contributed by atoms with van der Waals surface area (Å²) in [6.07, 6.45) is 0.894. The number of hydrogen-bond acceptors (Lipinski definition) is 4. The third kappa shape index (κ3) is 7.29. The summed E-state index contributed by atoms with van der Waals surface area (Å²) >= 11 is 1.86. The van der Waals surface area contributed by atoms with Gasteiger partial charge in [0.1, 0.15) is 5.75 Å². The molecule has 0 fully saturated rings. The van der Waals surface area contributed by atoms with E-state index in [1.807, 2.05) is 38.6 Å². The van der Waals surface area contributed by atoms with Crippen molar-refractivity contribution in [1.29, 1.82) is 0 Å². The maximum absolute atomic E-state index is 12.2. The molecule has 2 atom stereocenters. The lowest BCUT2D eigenvalue weighted by Crippen LogP contribution is -2.28. The molecule has 0 aliphatic heterocycles. The minimum atomic E-state index is -0.593. The van der Waals surface area contributed by atoms with E-state index in [2.05, 4.69) is 97.9 Å². The van der Waals surface area contributed by atoms with Gasteiger partial charge in [0.25, 0.3) is 0 Å². The van der Waals surface area contributed by atoms with Gasteiger partial charge < -0.3 is 9.47 Å². The Kier molecular flexibility index (Phi) is 9.67. The number of hydrogen-bond donors (Lipinski definition) is 0. The summed E-state index contributed by atoms with van der Waals surface area (Å²) in [5.41, 5.74) is 7.33. The number of esters is 1. The van der Waals surface area contributed by atoms with Gasteiger partial charge in [0.05, 0.1) is 6.61 Å². The van der Waals surface area contributed by atoms with Gasteiger partial charge in [-0.1, -0.05) is 91.3 Å². The first-order valence-corrected chi connectivity index (χ1v) is 14.2. The van der Waals surface area contributed by atoms with Crippen LogP contribution >= 0.6 is 11.8 Å². The molecule has 0 heterocycles. The molecule has 4 aromatic rings. The van der Waals surface area contributed by atoms with Crippen LogP contribution in [0.5, 0.6) is 5.75 Å². The lowest BCUT2D eigenvalue weighted by Gasteiger charge is -2.20. The van der Waals surface area contributed by atoms with Gasteiger partial charge in [-0.2, -0.15) is 0 Å². The van der Waals surface area contributed by atoms with E-state index in [1.54, 1.807) is 0 Å². The lowest BCUT2D eigenvalue weighted by atomic mass is 9.99. The van der Waals surface area contributed by atoms with E-state index in [1.165, 1.54) is 32.7 Å². The first-order valence-electron chi connectivity index (χ1n) is 13.3. The first-order chi connectivity index (χ1) is 18.5. The van der Waals surface area contributed by atoms with Crippen LogP contribution in [0.25, 0.3) is 11.1 Å². The average molecular weight is 525 g/mol. The number of aryl methyl sites for hydroxylation is 2. The third-order valence-electron chi connectivity index (χ3n) is 6.55. The van der Waals surface area contributed by atoms with Crippen LogP contribution in [0, 0.1) is 13.8 Å². The van der Waals surface area contributed by atoms with Crippen molar-refractivity contribution in [2.24, 2.45) is 0 Å². The zero-order chi connectivity index (χ0) is 26.9. The van der Waals surface area contributed by atoms with Crippen molar-refractivity contribution in [3.05, 3.63) is 119 Å². The highest BCUT2D eigenvalue weighted by Gasteiger charge is 2.21. The van der Waals surface area contributed by atoms with Crippen LogP contribution in [-0.2, 0) is 16.0 Å². The second-order valence-corrected chi connectivity index (χ2v) is 10.8. The Morgan fingerprint density at radius 3 is 2.08 bits per heavy atom. The highest BCUT2D eigenvalue weighted by atomic mass is 32.2. The van der Waals surface area contributed by atoms with Gasteiger partial charge in [0.15, 0.2) is 6.10 Å². The van der Waals surface area contributed by atoms with Gasteiger partial charge in [-0.15, -0.1) is 11.8 Å². The largest absolute Gasteiger partial charge is 0.478 e. The lowest BCUT2D eigenvalue weighted by molar-refractivity contribution is -0.151. The summed E-state index contributed by atoms with van der Waals surface area (Å²) < 4.78 is 11.2. The Morgan fingerprint density at radius 1 is 0.816 bits per heavy atom. The summed E-state index contributed by atoms with van der Waals surface area (Å²) in [6, 6.07) is 34.5. The highest BCUT2D eigenvalue weighted by Crippen LogP contribution is 2.40. The van der Waals surface area contributed by atoms with Crippen LogP contribution in [0.3, 0.4) is 0 Å². The van der Waals surface area contributed by atoms with Gasteiger partial charge in [0, 0.05) is 10.1 Å². The smallest absolute Gasteiger partial charge is 0.347 e. The molecule has 0 aliphatic carbocycles. The molecule has 4 aromatic carbocycles. The summed E-state index contributed by atoms with van der Waals surface area (Å²) in [5.74, 6) is 0.404. The number of benzene rings is 4. The van der Waals surface area contributed by atoms with E-state index in [9.17, 15) is 4.79 Å². The predicted molar refractivity (Wildman–Crippen MR) is 158 cm³/mol. The Bertz CT molecular complexity index is 1310. The quantitative estimate of drug-likeness (QED) is 0.145. The molecule has 2 unspecified atom stereocenters. The molecule has 0 aliphatic rings. The maximum atomic E-state index is 12.2. The third-order valence-corrected chi connectivity index (χ3v) is 7.79. The minimum absolute atomic E-state index is 0.249. The zero-order valence-corrected chi connectivity index (χ0v) is 23.5. The topological polar surface area (TPSA) is 35.5 Å². The maximum Gasteiger partial charge on any atom is 0.347 e. The van der Waals surface area contributed by atoms with Crippen LogP contribution in [0.4, 0.5) is 0 Å². The SMILES string of the molecule is CCOC(=O)C(CC)Oc1ccc(SC(Cc2ccccc2)c2ccc(-c3ccc(C)cc3)cc2)cc1C. The summed E-state index contributed by atoms with van der Waals surface area (Å²) in [5, 5.41) is 0.249. The molecule has 3 nitrogen and oxygen atoms in total. The fourth-order valence-corrected chi connectivity index (χ4v) is 5.66. The van der Waals surface area contributed by atoms with Crippen molar-refractivity contribution >= 4 is 17.7 Å². The predicted octanol–water partition coefficient (Wildman–Crippen LogP) is 8.77. The van der Waals surface area contributed by atoms with Crippen molar-refractivity contribution in [1.82, 2.24) is 0 Å². The number of carbonyl (C=O) groups is 1. The molecular formula is C34H36O3S. The van der Waals surface area contributed by atoms with Crippen molar-refractivity contribution in [2.45, 2.75) is 56.8 Å². The van der Waals surface area contributed by atoms with E-state index in [4.69, 9.17) is 9.47 Å². The summed E-state index contributed by atoms with van der Waals surface area (Å²) in [7, 11) is 0. The van der Waals surface area contributed by atoms with Gasteiger partial charge in [-0.3, -0.25) is 0 Å². The van der Waals surface area contributed by atoms with E-state index in [0.29, 0.717) is 13.0 Å². The first kappa shape index (κ1) is 27.5. The highest BCUT2D eigenvalue weighted by molar-refractivity contribution is 7.99. The molecule has 0 N–H and O–H groups in total. The number of rotatable bonds is 11. The molecule has 196 valence electrons. The Balaban J connectivity index is 1.55. The molecule has 38 heavy (non-hydrogen) atoms. The van der Waals surface area contributed by atoms with Crippen molar-refractivity contribution in [2.75, 3.05) is 6.61 Å². The van der Waals surface area contributed by atoms with Gasteiger partial charge in [-0.05, 0) is 79.6 Å². The van der Waals surface area contributed by atoms with Crippen molar-refractivity contribution in [3.8, 4) is 16.9 Å². The van der Waals surface area contributed by atoms with Crippen molar-refractivity contribution in [3.63, 3.8) is 0 Å². The molecule has 4 heteroatoms. The molecule has 4 rings (SSSR count). The zero-order valence-electron chi connectivity index (χ0n) is 22.6. The molecule has 0 radical (unpaired) electrons. The monoisotopic (exact) mass is 524 g/mol. The molecular weight excluding hydrogens is 488 g/mol. The second-order valence-electron chi connectivity index (χ2n) is 9.48. The molecule has 0 spiro atoms. The number of carbonyl (C=O) groups excluding carboxylic acids is 1. The van der Waals surface area contributed by atoms with E-state index >= 15 is 0 Å². The Labute approximate surface area is 231 Å². The summed E-state index contributed by atoms with van der Waals surface area (Å²) in [4.78, 5) is 13.4. The second kappa shape index (κ2) is 13.3. The van der Waals surface area contributed by atoms with E-state index in [-0.39, 0.29) is 11.2 Å². The normalized spacial score (nSPS) is 12.5. The van der Waals surface area contributed by atoms with E-state index < -0.39 is 6.10 Å². The molecule has 0 saturated carbocycles. The van der Waals surface area contributed by atoms with Crippen LogP contribution in [0.1, 0.15) is 47.8 Å². The van der Waals surface area contributed by atoms with Crippen LogP contribution in [-0.4, -0.2) is 18.7 Å². The molecule has 0 amide bonds. The molecule has 0 saturated heterocycles. The van der Waals surface area contributed by atoms with Crippen LogP contribution in [0.2, 0.25) is 0 Å². The average Bonchev–Trinajstić information content (AvgIpc) is 2.93. The number of thioether (sulfide) groups is 1. The Morgan fingerprint density at radius 2 is 1.47 bits per heavy atom. The minimum Gasteiger partial charge on any atom is -0.478 e. The Hall–Kier alpha value is -3.50. The number of ether oxygens (including phenoxy) is 2. The molecule has 0 bridgehead atoms. The van der Waals surface area contributed by atoms with Crippen LogP contribution in [0.15, 0.2) is 102 Å². The van der Waals surface area contributed by atoms with E-state index in [0.717, 1.165) is 17.7 Å².